The molecule has 2 aliphatic rings. The number of halogens is 5. The van der Waals surface area contributed by atoms with Gasteiger partial charge in [-0.1, -0.05) is 35.3 Å². The summed E-state index contributed by atoms with van der Waals surface area (Å²) in [6.07, 6.45) is -5.70. The van der Waals surface area contributed by atoms with Crippen molar-refractivity contribution in [3.8, 4) is 0 Å². The Bertz CT molecular complexity index is 1210. The molecule has 0 aliphatic carbocycles. The first kappa shape index (κ1) is 31.6. The third kappa shape index (κ3) is 8.80. The number of piperazine rings is 1. The molecule has 0 radical (unpaired) electrons. The van der Waals surface area contributed by atoms with Crippen LogP contribution in [0.4, 0.5) is 18.9 Å². The average Bonchev–Trinajstić information content (AvgIpc) is 3.26. The number of aliphatic hydroxyl groups excluding tert-OH is 1. The largest absolute Gasteiger partial charge is 0.490 e. The Morgan fingerprint density at radius 1 is 0.975 bits per heavy atom. The fraction of sp³-hybridized carbons (Fsp3) is 0.423. The van der Waals surface area contributed by atoms with Gasteiger partial charge in [0.25, 0.3) is 5.91 Å². The van der Waals surface area contributed by atoms with Crippen LogP contribution >= 0.6 is 23.2 Å². The van der Waals surface area contributed by atoms with Crippen LogP contribution in [-0.2, 0) is 16.1 Å². The molecule has 2 heterocycles. The SMILES string of the molecule is CC(=O)Nc1cc(Cl)ccc1C(=O)N1CC(O)C(N2CCN(Cc3ccc(Cl)cc3)CC2)C1.O=C(O)C(F)(F)F. The van der Waals surface area contributed by atoms with Gasteiger partial charge in [-0.25, -0.2) is 4.79 Å². The number of β-amino-alcohol motifs (C(OH)–C–C–N with tert-alkyl or cyclic N) is 1. The standard InChI is InChI=1S/C24H28Cl2N4O3.C2HF3O2/c1-16(31)27-21-12-19(26)6-7-20(21)24(33)30-14-22(23(32)15-30)29-10-8-28(9-11-29)13-17-2-4-18(25)5-3-17;3-2(4,5)1(6)7/h2-7,12,22-23,32H,8-11,13-15H2,1H3,(H,27,31);(H,6,7). The average molecular weight is 605 g/mol. The maximum atomic E-state index is 13.2. The van der Waals surface area contributed by atoms with Crippen molar-refractivity contribution < 1.29 is 37.8 Å². The first-order valence-electron chi connectivity index (χ1n) is 12.3. The molecule has 0 bridgehead atoms. The maximum absolute atomic E-state index is 13.2. The van der Waals surface area contributed by atoms with E-state index in [4.69, 9.17) is 33.1 Å². The number of anilines is 1. The predicted octanol–water partition coefficient (Wildman–Crippen LogP) is 3.59. The van der Waals surface area contributed by atoms with Crippen LogP contribution in [0.5, 0.6) is 0 Å². The lowest BCUT2D eigenvalue weighted by Gasteiger charge is -2.38. The van der Waals surface area contributed by atoms with Crippen molar-refractivity contribution >= 4 is 46.7 Å². The molecule has 9 nitrogen and oxygen atoms in total. The van der Waals surface area contributed by atoms with E-state index in [1.165, 1.54) is 12.5 Å². The molecule has 0 aromatic heterocycles. The summed E-state index contributed by atoms with van der Waals surface area (Å²) in [5.74, 6) is -3.26. The Morgan fingerprint density at radius 3 is 2.10 bits per heavy atom. The van der Waals surface area contributed by atoms with E-state index in [9.17, 15) is 27.9 Å². The number of amides is 2. The number of benzene rings is 2. The van der Waals surface area contributed by atoms with E-state index < -0.39 is 18.2 Å². The Kier molecular flexibility index (Phi) is 10.8. The predicted molar refractivity (Wildman–Crippen MR) is 143 cm³/mol. The Balaban J connectivity index is 0.000000559. The monoisotopic (exact) mass is 604 g/mol. The Labute approximate surface area is 239 Å². The fourth-order valence-electron chi connectivity index (χ4n) is 4.56. The summed E-state index contributed by atoms with van der Waals surface area (Å²) in [7, 11) is 0. The van der Waals surface area contributed by atoms with Gasteiger partial charge < -0.3 is 20.4 Å². The zero-order valence-corrected chi connectivity index (χ0v) is 23.0. The number of nitrogens with one attached hydrogen (secondary N) is 1. The molecule has 2 amide bonds. The van der Waals surface area contributed by atoms with Gasteiger partial charge in [-0.15, -0.1) is 0 Å². The van der Waals surface area contributed by atoms with Crippen LogP contribution in [0.2, 0.25) is 10.0 Å². The minimum Gasteiger partial charge on any atom is -0.475 e. The number of likely N-dealkylation sites (tertiary alicyclic amines) is 1. The van der Waals surface area contributed by atoms with E-state index in [1.807, 2.05) is 24.3 Å². The minimum atomic E-state index is -5.08. The second-order valence-corrected chi connectivity index (χ2v) is 10.3. The number of carbonyl (C=O) groups is 3. The fourth-order valence-corrected chi connectivity index (χ4v) is 4.86. The summed E-state index contributed by atoms with van der Waals surface area (Å²) >= 11 is 12.0. The van der Waals surface area contributed by atoms with Gasteiger partial charge in [-0.3, -0.25) is 19.4 Å². The molecule has 2 atom stereocenters. The smallest absolute Gasteiger partial charge is 0.475 e. The van der Waals surface area contributed by atoms with Crippen molar-refractivity contribution in [2.75, 3.05) is 44.6 Å². The highest BCUT2D eigenvalue weighted by atomic mass is 35.5. The summed E-state index contributed by atoms with van der Waals surface area (Å²) < 4.78 is 31.7. The number of carbonyl (C=O) groups excluding carboxylic acids is 2. The van der Waals surface area contributed by atoms with E-state index in [1.54, 1.807) is 23.1 Å². The van der Waals surface area contributed by atoms with E-state index in [0.717, 1.165) is 37.7 Å². The molecule has 2 aromatic carbocycles. The van der Waals surface area contributed by atoms with Gasteiger partial charge in [0.05, 0.1) is 23.4 Å². The molecule has 40 heavy (non-hydrogen) atoms. The number of carboxylic acid groups (broad SMARTS) is 1. The maximum Gasteiger partial charge on any atom is 0.490 e. The van der Waals surface area contributed by atoms with E-state index in [-0.39, 0.29) is 24.4 Å². The van der Waals surface area contributed by atoms with Gasteiger partial charge in [-0.2, -0.15) is 13.2 Å². The number of alkyl halides is 3. The summed E-state index contributed by atoms with van der Waals surface area (Å²) in [5, 5.41) is 21.7. The molecule has 218 valence electrons. The quantitative estimate of drug-likeness (QED) is 0.478. The molecule has 0 spiro atoms. The van der Waals surface area contributed by atoms with E-state index >= 15 is 0 Å². The molecule has 2 aliphatic heterocycles. The number of rotatable bonds is 5. The van der Waals surface area contributed by atoms with Crippen LogP contribution in [0, 0.1) is 0 Å². The van der Waals surface area contributed by atoms with Crippen molar-refractivity contribution in [3.63, 3.8) is 0 Å². The van der Waals surface area contributed by atoms with Crippen molar-refractivity contribution in [1.29, 1.82) is 0 Å². The topological polar surface area (TPSA) is 113 Å². The number of aliphatic carboxylic acids is 1. The molecule has 14 heteroatoms. The summed E-state index contributed by atoms with van der Waals surface area (Å²) in [4.78, 5) is 40.0. The highest BCUT2D eigenvalue weighted by Gasteiger charge is 2.39. The molecule has 4 rings (SSSR count). The van der Waals surface area contributed by atoms with Gasteiger partial charge in [0.2, 0.25) is 5.91 Å². The van der Waals surface area contributed by atoms with Crippen LogP contribution in [0.15, 0.2) is 42.5 Å². The van der Waals surface area contributed by atoms with Crippen LogP contribution in [0.1, 0.15) is 22.8 Å². The summed E-state index contributed by atoms with van der Waals surface area (Å²) in [6, 6.07) is 12.6. The molecular formula is C26H29Cl2F3N4O5. The van der Waals surface area contributed by atoms with E-state index in [0.29, 0.717) is 22.8 Å². The van der Waals surface area contributed by atoms with Crippen LogP contribution < -0.4 is 5.32 Å². The highest BCUT2D eigenvalue weighted by Crippen LogP contribution is 2.26. The lowest BCUT2D eigenvalue weighted by atomic mass is 10.1. The molecular weight excluding hydrogens is 576 g/mol. The van der Waals surface area contributed by atoms with Gasteiger partial charge >= 0.3 is 12.1 Å². The highest BCUT2D eigenvalue weighted by molar-refractivity contribution is 6.31. The normalized spacial score (nSPS) is 20.0. The molecule has 3 N–H and O–H groups in total. The van der Waals surface area contributed by atoms with Gasteiger partial charge in [0.1, 0.15) is 0 Å². The lowest BCUT2D eigenvalue weighted by Crippen LogP contribution is -2.53. The van der Waals surface area contributed by atoms with E-state index in [2.05, 4.69) is 15.1 Å². The van der Waals surface area contributed by atoms with Crippen molar-refractivity contribution in [1.82, 2.24) is 14.7 Å². The second kappa shape index (κ2) is 13.6. The molecule has 2 fully saturated rings. The third-order valence-corrected chi connectivity index (χ3v) is 6.99. The lowest BCUT2D eigenvalue weighted by molar-refractivity contribution is -0.192. The number of aliphatic hydroxyl groups is 1. The first-order valence-corrected chi connectivity index (χ1v) is 13.1. The molecule has 2 saturated heterocycles. The summed E-state index contributed by atoms with van der Waals surface area (Å²) in [5.41, 5.74) is 1.98. The molecule has 0 saturated carbocycles. The number of carboxylic acids is 1. The number of hydrogen-bond acceptors (Lipinski definition) is 6. The van der Waals surface area contributed by atoms with Crippen molar-refractivity contribution in [2.24, 2.45) is 0 Å². The van der Waals surface area contributed by atoms with Crippen molar-refractivity contribution in [2.45, 2.75) is 31.8 Å². The van der Waals surface area contributed by atoms with Crippen LogP contribution in [0.25, 0.3) is 0 Å². The van der Waals surface area contributed by atoms with Crippen LogP contribution in [0.3, 0.4) is 0 Å². The summed E-state index contributed by atoms with van der Waals surface area (Å²) in [6.45, 7) is 6.40. The minimum absolute atomic E-state index is 0.108. The third-order valence-electron chi connectivity index (χ3n) is 6.51. The van der Waals surface area contributed by atoms with Gasteiger partial charge in [0, 0.05) is 62.8 Å². The molecule has 2 unspecified atom stereocenters. The zero-order valence-electron chi connectivity index (χ0n) is 21.5. The second-order valence-electron chi connectivity index (χ2n) is 9.46. The molecule has 2 aromatic rings. The Morgan fingerprint density at radius 2 is 1.55 bits per heavy atom. The Hall–Kier alpha value is -2.90. The van der Waals surface area contributed by atoms with Gasteiger partial charge in [-0.05, 0) is 35.9 Å². The first-order chi connectivity index (χ1) is 18.7. The van der Waals surface area contributed by atoms with Crippen LogP contribution in [-0.4, -0.2) is 100 Å². The zero-order chi connectivity index (χ0) is 29.6. The number of nitrogens with zero attached hydrogens (tertiary/aromatic N) is 3. The van der Waals surface area contributed by atoms with Crippen molar-refractivity contribution in [3.05, 3.63) is 63.6 Å². The van der Waals surface area contributed by atoms with Gasteiger partial charge in [0.15, 0.2) is 0 Å². The number of hydrogen-bond donors (Lipinski definition) is 3.